The van der Waals surface area contributed by atoms with Gasteiger partial charge in [-0.15, -0.1) is 11.3 Å². The summed E-state index contributed by atoms with van der Waals surface area (Å²) in [6.45, 7) is 2.60. The van der Waals surface area contributed by atoms with Crippen LogP contribution in [0.1, 0.15) is 17.0 Å². The lowest BCUT2D eigenvalue weighted by Crippen LogP contribution is -2.08. The number of hydrogen-bond donors (Lipinski definition) is 1. The highest BCUT2D eigenvalue weighted by Crippen LogP contribution is 2.34. The first-order valence-electron chi connectivity index (χ1n) is 10.5. The first-order chi connectivity index (χ1) is 16.1. The Bertz CT molecular complexity index is 1350. The van der Waals surface area contributed by atoms with Crippen LogP contribution in [0.2, 0.25) is 0 Å². The number of nitriles is 1. The highest BCUT2D eigenvalue weighted by Gasteiger charge is 2.13. The molecule has 0 aliphatic heterocycles. The molecule has 6 nitrogen and oxygen atoms in total. The number of ether oxygens (including phenoxy) is 2. The summed E-state index contributed by atoms with van der Waals surface area (Å²) in [7, 11) is 3.24. The van der Waals surface area contributed by atoms with Gasteiger partial charge in [0.1, 0.15) is 11.6 Å². The molecule has 166 valence electrons. The van der Waals surface area contributed by atoms with Gasteiger partial charge < -0.3 is 14.8 Å². The Morgan fingerprint density at radius 1 is 1.09 bits per heavy atom. The Hall–Kier alpha value is -3.89. The third-order valence-corrected chi connectivity index (χ3v) is 6.25. The summed E-state index contributed by atoms with van der Waals surface area (Å²) >= 11 is 1.72. The van der Waals surface area contributed by atoms with Crippen molar-refractivity contribution >= 4 is 34.1 Å². The molecular formula is C26H24N4O2S. The van der Waals surface area contributed by atoms with Crippen LogP contribution in [0.5, 0.6) is 11.5 Å². The summed E-state index contributed by atoms with van der Waals surface area (Å²) < 4.78 is 10.9. The van der Waals surface area contributed by atoms with E-state index in [-0.39, 0.29) is 0 Å². The predicted octanol–water partition coefficient (Wildman–Crippen LogP) is 5.88. The maximum absolute atomic E-state index is 8.79. The maximum Gasteiger partial charge on any atom is 0.162 e. The number of fused-ring (bicyclic) bond motifs is 1. The van der Waals surface area contributed by atoms with Crippen LogP contribution in [0.4, 0.5) is 5.82 Å². The number of anilines is 1. The molecule has 2 heterocycles. The van der Waals surface area contributed by atoms with Crippen LogP contribution < -0.4 is 14.8 Å². The van der Waals surface area contributed by atoms with Gasteiger partial charge in [-0.25, -0.2) is 9.97 Å². The molecule has 4 rings (SSSR count). The normalized spacial score (nSPS) is 11.0. The van der Waals surface area contributed by atoms with Crippen molar-refractivity contribution in [3.05, 3.63) is 70.9 Å². The minimum Gasteiger partial charge on any atom is -0.493 e. The molecule has 0 saturated carbocycles. The van der Waals surface area contributed by atoms with E-state index in [9.17, 15) is 0 Å². The summed E-state index contributed by atoms with van der Waals surface area (Å²) in [4.78, 5) is 10.4. The third kappa shape index (κ3) is 4.97. The zero-order valence-electron chi connectivity index (χ0n) is 18.8. The lowest BCUT2D eigenvalue weighted by molar-refractivity contribution is 0.356. The maximum atomic E-state index is 8.79. The number of thiophene rings is 1. The van der Waals surface area contributed by atoms with E-state index >= 15 is 0 Å². The first kappa shape index (κ1) is 22.3. The summed E-state index contributed by atoms with van der Waals surface area (Å²) in [6.07, 6.45) is 4.16. The molecule has 0 unspecified atom stereocenters. The molecule has 2 aromatic carbocycles. The van der Waals surface area contributed by atoms with Gasteiger partial charge in [-0.05, 0) is 59.7 Å². The van der Waals surface area contributed by atoms with Crippen molar-refractivity contribution in [2.24, 2.45) is 0 Å². The van der Waals surface area contributed by atoms with E-state index in [4.69, 9.17) is 14.7 Å². The molecule has 0 bridgehead atoms. The van der Waals surface area contributed by atoms with Crippen molar-refractivity contribution in [1.82, 2.24) is 9.97 Å². The first-order valence-corrected chi connectivity index (χ1v) is 11.4. The summed E-state index contributed by atoms with van der Waals surface area (Å²) in [5.74, 6) is 2.75. The summed E-state index contributed by atoms with van der Waals surface area (Å²) in [5.41, 5.74) is 4.24. The molecule has 0 aliphatic carbocycles. The second-order valence-electron chi connectivity index (χ2n) is 7.38. The van der Waals surface area contributed by atoms with Crippen molar-refractivity contribution in [2.75, 3.05) is 26.1 Å². The number of rotatable bonds is 8. The molecule has 0 amide bonds. The van der Waals surface area contributed by atoms with Gasteiger partial charge in [0.25, 0.3) is 0 Å². The summed E-state index contributed by atoms with van der Waals surface area (Å²) in [5, 5.41) is 15.3. The Kier molecular flexibility index (Phi) is 6.86. The van der Waals surface area contributed by atoms with E-state index in [2.05, 4.69) is 38.9 Å². The lowest BCUT2D eigenvalue weighted by Gasteiger charge is -2.13. The van der Waals surface area contributed by atoms with Crippen molar-refractivity contribution in [3.8, 4) is 28.0 Å². The Morgan fingerprint density at radius 3 is 2.70 bits per heavy atom. The van der Waals surface area contributed by atoms with Crippen LogP contribution >= 0.6 is 11.3 Å². The van der Waals surface area contributed by atoms with E-state index in [1.54, 1.807) is 25.6 Å². The zero-order valence-corrected chi connectivity index (χ0v) is 19.6. The second kappa shape index (κ2) is 10.2. The number of nitrogens with one attached hydrogen (secondary N) is 1. The van der Waals surface area contributed by atoms with Crippen LogP contribution in [-0.4, -0.2) is 30.7 Å². The largest absolute Gasteiger partial charge is 0.493 e. The van der Waals surface area contributed by atoms with Crippen molar-refractivity contribution in [2.45, 2.75) is 13.3 Å². The minimum absolute atomic E-state index is 0.642. The fourth-order valence-corrected chi connectivity index (χ4v) is 4.68. The molecule has 33 heavy (non-hydrogen) atoms. The molecule has 0 atom stereocenters. The SMILES string of the molecule is COc1cc2nc(C)nc(NCCc3ccsc3-c3cccc(C=CC#N)c3)c2cc1OC. The van der Waals surface area contributed by atoms with Gasteiger partial charge in [-0.3, -0.25) is 0 Å². The molecular weight excluding hydrogens is 432 g/mol. The monoisotopic (exact) mass is 456 g/mol. The summed E-state index contributed by atoms with van der Waals surface area (Å²) in [6, 6.07) is 16.2. The quantitative estimate of drug-likeness (QED) is 0.334. The Labute approximate surface area is 197 Å². The molecule has 7 heteroatoms. The van der Waals surface area contributed by atoms with Gasteiger partial charge in [0.05, 0.1) is 25.8 Å². The zero-order chi connectivity index (χ0) is 23.2. The van der Waals surface area contributed by atoms with Gasteiger partial charge in [0.15, 0.2) is 11.5 Å². The Balaban J connectivity index is 1.55. The van der Waals surface area contributed by atoms with Crippen LogP contribution in [0.15, 0.2) is 53.9 Å². The van der Waals surface area contributed by atoms with Crippen molar-refractivity contribution in [1.29, 1.82) is 5.26 Å². The lowest BCUT2D eigenvalue weighted by atomic mass is 10.0. The number of aromatic nitrogens is 2. The number of nitrogens with zero attached hydrogens (tertiary/aromatic N) is 3. The van der Waals surface area contributed by atoms with Crippen molar-refractivity contribution < 1.29 is 9.47 Å². The van der Waals surface area contributed by atoms with E-state index in [1.807, 2.05) is 43.3 Å². The average Bonchev–Trinajstić information content (AvgIpc) is 3.30. The number of allylic oxidation sites excluding steroid dienone is 1. The minimum atomic E-state index is 0.642. The molecule has 0 spiro atoms. The molecule has 0 fully saturated rings. The standard InChI is InChI=1S/C26H24N4O2S/c1-17-29-22-16-24(32-3)23(31-2)15-21(22)26(30-17)28-12-9-19-10-13-33-25(19)20-8-4-6-18(14-20)7-5-11-27/h4-8,10,13-16H,9,12H2,1-3H3,(H,28,29,30). The number of methoxy groups -OCH3 is 2. The number of benzene rings is 2. The van der Waals surface area contributed by atoms with E-state index < -0.39 is 0 Å². The average molecular weight is 457 g/mol. The van der Waals surface area contributed by atoms with E-state index in [1.165, 1.54) is 16.5 Å². The molecule has 4 aromatic rings. The number of aryl methyl sites for hydroxylation is 1. The highest BCUT2D eigenvalue weighted by atomic mass is 32.1. The van der Waals surface area contributed by atoms with Gasteiger partial charge in [0, 0.05) is 29.0 Å². The number of hydrogen-bond acceptors (Lipinski definition) is 7. The van der Waals surface area contributed by atoms with E-state index in [0.29, 0.717) is 17.3 Å². The van der Waals surface area contributed by atoms with Gasteiger partial charge in [-0.1, -0.05) is 18.2 Å². The molecule has 0 saturated heterocycles. The van der Waals surface area contributed by atoms with Gasteiger partial charge in [0.2, 0.25) is 0 Å². The topological polar surface area (TPSA) is 80.1 Å². The van der Waals surface area contributed by atoms with Crippen LogP contribution in [0, 0.1) is 18.3 Å². The van der Waals surface area contributed by atoms with Gasteiger partial charge in [-0.2, -0.15) is 5.26 Å². The third-order valence-electron chi connectivity index (χ3n) is 5.25. The molecule has 2 aromatic heterocycles. The fraction of sp³-hybridized carbons (Fsp3) is 0.192. The molecule has 0 radical (unpaired) electrons. The molecule has 1 N–H and O–H groups in total. The predicted molar refractivity (Wildman–Crippen MR) is 134 cm³/mol. The van der Waals surface area contributed by atoms with E-state index in [0.717, 1.165) is 40.8 Å². The van der Waals surface area contributed by atoms with Crippen LogP contribution in [-0.2, 0) is 6.42 Å². The Morgan fingerprint density at radius 2 is 1.91 bits per heavy atom. The van der Waals surface area contributed by atoms with Crippen molar-refractivity contribution in [3.63, 3.8) is 0 Å². The molecule has 0 aliphatic rings. The van der Waals surface area contributed by atoms with Crippen LogP contribution in [0.25, 0.3) is 27.4 Å². The highest BCUT2D eigenvalue weighted by molar-refractivity contribution is 7.13. The van der Waals surface area contributed by atoms with Gasteiger partial charge >= 0.3 is 0 Å². The fourth-order valence-electron chi connectivity index (χ4n) is 3.73. The second-order valence-corrected chi connectivity index (χ2v) is 8.30. The smallest absolute Gasteiger partial charge is 0.162 e. The van der Waals surface area contributed by atoms with Crippen LogP contribution in [0.3, 0.4) is 0 Å².